The number of benzene rings is 2. The number of rotatable bonds is 5. The molecular weight excluding hydrogens is 390 g/mol. The molecule has 1 amide bonds. The monoisotopic (exact) mass is 417 g/mol. The first-order valence-electron chi connectivity index (χ1n) is 9.17. The summed E-state index contributed by atoms with van der Waals surface area (Å²) in [6.07, 6.45) is 0. The molecule has 28 heavy (non-hydrogen) atoms. The molecule has 0 spiro atoms. The number of likely N-dealkylation sites (N-methyl/N-ethyl adjacent to an activating group) is 1. The maximum Gasteiger partial charge on any atom is 0.260 e. The zero-order chi connectivity index (χ0) is 19.7. The minimum Gasteiger partial charge on any atom is -0.308 e. The second-order valence-electron chi connectivity index (χ2n) is 7.56. The molecule has 0 fully saturated rings. The number of hydrogen-bond donors (Lipinski definition) is 0. The van der Waals surface area contributed by atoms with Gasteiger partial charge in [0, 0.05) is 18.7 Å². The van der Waals surface area contributed by atoms with Crippen molar-refractivity contribution in [1.82, 2.24) is 9.88 Å². The van der Waals surface area contributed by atoms with Crippen LogP contribution in [0.2, 0.25) is 0 Å². The highest BCUT2D eigenvalue weighted by Crippen LogP contribution is 2.32. The van der Waals surface area contributed by atoms with Crippen molar-refractivity contribution in [3.05, 3.63) is 58.1 Å². The van der Waals surface area contributed by atoms with E-state index in [9.17, 15) is 4.79 Å². The van der Waals surface area contributed by atoms with E-state index in [2.05, 4.69) is 36.9 Å². The van der Waals surface area contributed by atoms with Crippen LogP contribution >= 0.6 is 23.7 Å². The summed E-state index contributed by atoms with van der Waals surface area (Å²) in [4.78, 5) is 22.1. The Morgan fingerprint density at radius 3 is 2.14 bits per heavy atom. The SMILES string of the molecule is Cc1cc(C)cc(C(=O)N(CCN(C)C)c2nc3cc(C)cc(C)c3s2)c1.Cl. The molecule has 0 unspecified atom stereocenters. The van der Waals surface area contributed by atoms with Crippen molar-refractivity contribution >= 4 is 45.0 Å². The van der Waals surface area contributed by atoms with Gasteiger partial charge in [0.1, 0.15) is 0 Å². The van der Waals surface area contributed by atoms with Crippen molar-refractivity contribution in [2.45, 2.75) is 27.7 Å². The topological polar surface area (TPSA) is 36.4 Å². The molecule has 4 nitrogen and oxygen atoms in total. The van der Waals surface area contributed by atoms with Crippen LogP contribution in [0.3, 0.4) is 0 Å². The maximum absolute atomic E-state index is 13.4. The summed E-state index contributed by atoms with van der Waals surface area (Å²) in [5, 5.41) is 0.768. The normalized spacial score (nSPS) is 11.0. The second-order valence-corrected chi connectivity index (χ2v) is 8.54. The minimum absolute atomic E-state index is 0. The van der Waals surface area contributed by atoms with Gasteiger partial charge in [-0.25, -0.2) is 4.98 Å². The van der Waals surface area contributed by atoms with Gasteiger partial charge in [0.2, 0.25) is 0 Å². The van der Waals surface area contributed by atoms with Gasteiger partial charge in [-0.15, -0.1) is 12.4 Å². The number of hydrogen-bond acceptors (Lipinski definition) is 4. The lowest BCUT2D eigenvalue weighted by Crippen LogP contribution is -2.36. The van der Waals surface area contributed by atoms with E-state index < -0.39 is 0 Å². The zero-order valence-corrected chi connectivity index (χ0v) is 19.0. The molecule has 6 heteroatoms. The molecule has 2 aromatic carbocycles. The van der Waals surface area contributed by atoms with Crippen molar-refractivity contribution in [1.29, 1.82) is 0 Å². The number of carbonyl (C=O) groups is 1. The van der Waals surface area contributed by atoms with Crippen LogP contribution in [0.25, 0.3) is 10.2 Å². The molecule has 0 aliphatic rings. The molecule has 1 aromatic heterocycles. The zero-order valence-electron chi connectivity index (χ0n) is 17.4. The quantitative estimate of drug-likeness (QED) is 0.575. The number of thiazole rings is 1. The predicted octanol–water partition coefficient (Wildman–Crippen LogP) is 5.16. The van der Waals surface area contributed by atoms with Crippen molar-refractivity contribution in [3.8, 4) is 0 Å². The Labute approximate surface area is 177 Å². The van der Waals surface area contributed by atoms with Gasteiger partial charge < -0.3 is 4.90 Å². The van der Waals surface area contributed by atoms with Crippen LogP contribution in [0.4, 0.5) is 5.13 Å². The summed E-state index contributed by atoms with van der Waals surface area (Å²) < 4.78 is 1.15. The Kier molecular flexibility index (Phi) is 7.21. The Hall–Kier alpha value is -1.95. The molecule has 0 N–H and O–H groups in total. The molecule has 0 aliphatic heterocycles. The predicted molar refractivity (Wildman–Crippen MR) is 122 cm³/mol. The summed E-state index contributed by atoms with van der Waals surface area (Å²) in [6, 6.07) is 10.3. The average Bonchev–Trinajstić information content (AvgIpc) is 2.97. The first-order valence-corrected chi connectivity index (χ1v) is 9.99. The van der Waals surface area contributed by atoms with E-state index in [0.717, 1.165) is 38.6 Å². The van der Waals surface area contributed by atoms with E-state index in [0.29, 0.717) is 6.54 Å². The van der Waals surface area contributed by atoms with E-state index in [-0.39, 0.29) is 18.3 Å². The van der Waals surface area contributed by atoms with Crippen LogP contribution in [-0.4, -0.2) is 43.0 Å². The van der Waals surface area contributed by atoms with Crippen LogP contribution in [-0.2, 0) is 0 Å². The fraction of sp³-hybridized carbons (Fsp3) is 0.364. The molecule has 1 heterocycles. The number of carbonyl (C=O) groups excluding carboxylic acids is 1. The molecular formula is C22H28ClN3OS. The van der Waals surface area contributed by atoms with Gasteiger partial charge in [-0.2, -0.15) is 0 Å². The number of amides is 1. The van der Waals surface area contributed by atoms with E-state index in [1.54, 1.807) is 11.3 Å². The molecule has 0 bridgehead atoms. The number of fused-ring (bicyclic) bond motifs is 1. The molecule has 3 aromatic rings. The standard InChI is InChI=1S/C22H27N3OS.ClH/c1-14-9-15(2)12-18(11-14)21(26)25(8-7-24(5)6)22-23-19-13-16(3)10-17(4)20(19)27-22;/h9-13H,7-8H2,1-6H3;1H. The highest BCUT2D eigenvalue weighted by molar-refractivity contribution is 7.22. The minimum atomic E-state index is 0. The van der Waals surface area contributed by atoms with Crippen molar-refractivity contribution in [2.24, 2.45) is 0 Å². The van der Waals surface area contributed by atoms with E-state index in [4.69, 9.17) is 4.98 Å². The van der Waals surface area contributed by atoms with Crippen molar-refractivity contribution < 1.29 is 4.79 Å². The summed E-state index contributed by atoms with van der Waals surface area (Å²) in [6.45, 7) is 9.62. The molecule has 0 radical (unpaired) electrons. The van der Waals surface area contributed by atoms with Gasteiger partial charge >= 0.3 is 0 Å². The first kappa shape index (κ1) is 22.3. The second kappa shape index (κ2) is 9.03. The Morgan fingerprint density at radius 1 is 0.929 bits per heavy atom. The summed E-state index contributed by atoms with van der Waals surface area (Å²) >= 11 is 1.60. The highest BCUT2D eigenvalue weighted by atomic mass is 35.5. The van der Waals surface area contributed by atoms with Crippen LogP contribution in [0, 0.1) is 27.7 Å². The van der Waals surface area contributed by atoms with Crippen LogP contribution < -0.4 is 4.90 Å². The fourth-order valence-electron chi connectivity index (χ4n) is 3.32. The third kappa shape index (κ3) is 4.90. The van der Waals surface area contributed by atoms with Crippen LogP contribution in [0.15, 0.2) is 30.3 Å². The van der Waals surface area contributed by atoms with Gasteiger partial charge in [-0.3, -0.25) is 9.69 Å². The lowest BCUT2D eigenvalue weighted by Gasteiger charge is -2.22. The number of anilines is 1. The van der Waals surface area contributed by atoms with Crippen molar-refractivity contribution in [2.75, 3.05) is 32.1 Å². The lowest BCUT2D eigenvalue weighted by atomic mass is 10.1. The number of aromatic nitrogens is 1. The van der Waals surface area contributed by atoms with Crippen LogP contribution in [0.1, 0.15) is 32.6 Å². The van der Waals surface area contributed by atoms with Crippen molar-refractivity contribution in [3.63, 3.8) is 0 Å². The molecule has 0 aliphatic carbocycles. The number of nitrogens with zero attached hydrogens (tertiary/aromatic N) is 3. The average molecular weight is 418 g/mol. The van der Waals surface area contributed by atoms with E-state index in [1.807, 2.05) is 45.0 Å². The van der Waals surface area contributed by atoms with E-state index >= 15 is 0 Å². The molecule has 0 saturated carbocycles. The number of aryl methyl sites for hydroxylation is 4. The smallest absolute Gasteiger partial charge is 0.260 e. The summed E-state index contributed by atoms with van der Waals surface area (Å²) in [5.41, 5.74) is 6.29. The third-order valence-corrected chi connectivity index (χ3v) is 5.75. The first-order chi connectivity index (χ1) is 12.7. The fourth-order valence-corrected chi connectivity index (χ4v) is 4.36. The Balaban J connectivity index is 0.00000280. The van der Waals surface area contributed by atoms with Gasteiger partial charge in [-0.05, 0) is 71.1 Å². The van der Waals surface area contributed by atoms with Gasteiger partial charge in [0.05, 0.1) is 10.2 Å². The highest BCUT2D eigenvalue weighted by Gasteiger charge is 2.22. The van der Waals surface area contributed by atoms with Crippen LogP contribution in [0.5, 0.6) is 0 Å². The lowest BCUT2D eigenvalue weighted by molar-refractivity contribution is 0.0985. The Bertz CT molecular complexity index is 977. The van der Waals surface area contributed by atoms with Gasteiger partial charge in [0.25, 0.3) is 5.91 Å². The third-order valence-electron chi connectivity index (χ3n) is 4.52. The molecule has 150 valence electrons. The Morgan fingerprint density at radius 2 is 1.54 bits per heavy atom. The number of halogens is 1. The van der Waals surface area contributed by atoms with Gasteiger partial charge in [0.15, 0.2) is 5.13 Å². The van der Waals surface area contributed by atoms with E-state index in [1.165, 1.54) is 11.1 Å². The maximum atomic E-state index is 13.4. The van der Waals surface area contributed by atoms with Gasteiger partial charge in [-0.1, -0.05) is 34.6 Å². The summed E-state index contributed by atoms with van der Waals surface area (Å²) in [5.74, 6) is 0.0112. The molecule has 0 saturated heterocycles. The molecule has 3 rings (SSSR count). The largest absolute Gasteiger partial charge is 0.308 e. The summed E-state index contributed by atoms with van der Waals surface area (Å²) in [7, 11) is 4.04. The molecule has 0 atom stereocenters.